The molecule has 0 saturated heterocycles. The third-order valence-corrected chi connectivity index (χ3v) is 4.56. The van der Waals surface area contributed by atoms with Gasteiger partial charge in [0.1, 0.15) is 12.4 Å². The number of rotatable bonds is 5. The maximum Gasteiger partial charge on any atom is 0.127 e. The number of hydrogen-bond acceptors (Lipinski definition) is 2. The Morgan fingerprint density at radius 3 is 2.62 bits per heavy atom. The molecule has 2 nitrogen and oxygen atoms in total. The zero-order valence-electron chi connectivity index (χ0n) is 12.8. The Kier molecular flexibility index (Phi) is 4.76. The molecule has 0 spiro atoms. The van der Waals surface area contributed by atoms with Crippen LogP contribution in [0.25, 0.3) is 10.8 Å². The Hall–Kier alpha value is -1.54. The van der Waals surface area contributed by atoms with Gasteiger partial charge in [0.05, 0.1) is 0 Å². The summed E-state index contributed by atoms with van der Waals surface area (Å²) in [5.74, 6) is 1.90. The second-order valence-electron chi connectivity index (χ2n) is 6.24. The van der Waals surface area contributed by atoms with Crippen molar-refractivity contribution in [3.05, 3.63) is 42.5 Å². The molecule has 0 aromatic heterocycles. The summed E-state index contributed by atoms with van der Waals surface area (Å²) in [6.45, 7) is 4.03. The fourth-order valence-electron chi connectivity index (χ4n) is 3.21. The highest BCUT2D eigenvalue weighted by molar-refractivity contribution is 5.88. The SMILES string of the molecule is CC1CCC(NCCOc2cccc3ccccc23)CC1. The van der Waals surface area contributed by atoms with Gasteiger partial charge in [-0.25, -0.2) is 0 Å². The first kappa shape index (κ1) is 14.4. The molecule has 21 heavy (non-hydrogen) atoms. The first-order valence-electron chi connectivity index (χ1n) is 8.17. The van der Waals surface area contributed by atoms with Gasteiger partial charge in [-0.2, -0.15) is 0 Å². The van der Waals surface area contributed by atoms with Gasteiger partial charge in [-0.15, -0.1) is 0 Å². The molecule has 0 amide bonds. The molecule has 0 atom stereocenters. The molecule has 0 bridgehead atoms. The minimum absolute atomic E-state index is 0.692. The van der Waals surface area contributed by atoms with E-state index in [2.05, 4.69) is 54.7 Å². The molecule has 2 aromatic rings. The molecule has 112 valence electrons. The highest BCUT2D eigenvalue weighted by Crippen LogP contribution is 2.25. The largest absolute Gasteiger partial charge is 0.492 e. The highest BCUT2D eigenvalue weighted by atomic mass is 16.5. The van der Waals surface area contributed by atoms with Crippen molar-refractivity contribution in [3.63, 3.8) is 0 Å². The van der Waals surface area contributed by atoms with Gasteiger partial charge in [0, 0.05) is 18.0 Å². The van der Waals surface area contributed by atoms with Crippen LogP contribution in [-0.2, 0) is 0 Å². The Balaban J connectivity index is 1.48. The van der Waals surface area contributed by atoms with Gasteiger partial charge in [0.2, 0.25) is 0 Å². The van der Waals surface area contributed by atoms with Gasteiger partial charge in [-0.3, -0.25) is 0 Å². The van der Waals surface area contributed by atoms with Crippen LogP contribution in [0.2, 0.25) is 0 Å². The monoisotopic (exact) mass is 283 g/mol. The molecule has 0 heterocycles. The van der Waals surface area contributed by atoms with Crippen LogP contribution in [0.5, 0.6) is 5.75 Å². The zero-order valence-corrected chi connectivity index (χ0v) is 12.8. The summed E-state index contributed by atoms with van der Waals surface area (Å²) in [5, 5.41) is 6.08. The van der Waals surface area contributed by atoms with Gasteiger partial charge >= 0.3 is 0 Å². The summed E-state index contributed by atoms with van der Waals surface area (Å²) in [6.07, 6.45) is 5.36. The summed E-state index contributed by atoms with van der Waals surface area (Å²) in [5.41, 5.74) is 0. The summed E-state index contributed by atoms with van der Waals surface area (Å²) in [4.78, 5) is 0. The van der Waals surface area contributed by atoms with Crippen molar-refractivity contribution in [1.82, 2.24) is 5.32 Å². The lowest BCUT2D eigenvalue weighted by Gasteiger charge is -2.27. The fraction of sp³-hybridized carbons (Fsp3) is 0.474. The Bertz CT molecular complexity index is 567. The smallest absolute Gasteiger partial charge is 0.127 e. The van der Waals surface area contributed by atoms with Crippen molar-refractivity contribution in [3.8, 4) is 5.75 Å². The molecular weight excluding hydrogens is 258 g/mol. The van der Waals surface area contributed by atoms with Crippen LogP contribution in [-0.4, -0.2) is 19.2 Å². The summed E-state index contributed by atoms with van der Waals surface area (Å²) in [7, 11) is 0. The molecular formula is C19H25NO. The zero-order chi connectivity index (χ0) is 14.5. The first-order valence-corrected chi connectivity index (χ1v) is 8.17. The van der Waals surface area contributed by atoms with Gasteiger partial charge in [-0.1, -0.05) is 43.3 Å². The normalized spacial score (nSPS) is 22.3. The average Bonchev–Trinajstić information content (AvgIpc) is 2.53. The first-order chi connectivity index (χ1) is 10.3. The van der Waals surface area contributed by atoms with Crippen molar-refractivity contribution in [2.75, 3.05) is 13.2 Å². The van der Waals surface area contributed by atoms with E-state index in [1.54, 1.807) is 0 Å². The van der Waals surface area contributed by atoms with Crippen molar-refractivity contribution in [2.24, 2.45) is 5.92 Å². The number of fused-ring (bicyclic) bond motifs is 1. The summed E-state index contributed by atoms with van der Waals surface area (Å²) < 4.78 is 5.97. The van der Waals surface area contributed by atoms with Gasteiger partial charge in [0.25, 0.3) is 0 Å². The molecule has 0 aliphatic heterocycles. The minimum atomic E-state index is 0.692. The number of hydrogen-bond donors (Lipinski definition) is 1. The molecule has 2 heteroatoms. The molecule has 1 fully saturated rings. The minimum Gasteiger partial charge on any atom is -0.492 e. The maximum atomic E-state index is 5.97. The molecule has 3 rings (SSSR count). The lowest BCUT2D eigenvalue weighted by atomic mass is 9.87. The van der Waals surface area contributed by atoms with Crippen LogP contribution in [0.15, 0.2) is 42.5 Å². The highest BCUT2D eigenvalue weighted by Gasteiger charge is 2.17. The van der Waals surface area contributed by atoms with E-state index >= 15 is 0 Å². The van der Waals surface area contributed by atoms with E-state index in [0.29, 0.717) is 6.04 Å². The maximum absolute atomic E-state index is 5.97. The van der Waals surface area contributed by atoms with E-state index in [-0.39, 0.29) is 0 Å². The molecule has 0 unspecified atom stereocenters. The standard InChI is InChI=1S/C19H25NO/c1-15-9-11-17(12-10-15)20-13-14-21-19-8-4-6-16-5-2-3-7-18(16)19/h2-8,15,17,20H,9-14H2,1H3. The Labute approximate surface area is 127 Å². The van der Waals surface area contributed by atoms with E-state index in [4.69, 9.17) is 4.74 Å². The van der Waals surface area contributed by atoms with Crippen LogP contribution < -0.4 is 10.1 Å². The van der Waals surface area contributed by atoms with Crippen LogP contribution in [0.1, 0.15) is 32.6 Å². The predicted octanol–water partition coefficient (Wildman–Crippen LogP) is 4.39. The number of nitrogens with one attached hydrogen (secondary N) is 1. The summed E-state index contributed by atoms with van der Waals surface area (Å²) in [6, 6.07) is 15.3. The molecule has 1 aliphatic rings. The van der Waals surface area contributed by atoms with Crippen molar-refractivity contribution in [2.45, 2.75) is 38.6 Å². The molecule has 1 N–H and O–H groups in total. The van der Waals surface area contributed by atoms with Crippen molar-refractivity contribution in [1.29, 1.82) is 0 Å². The lowest BCUT2D eigenvalue weighted by molar-refractivity contribution is 0.272. The quantitative estimate of drug-likeness (QED) is 0.822. The molecule has 1 aliphatic carbocycles. The second-order valence-corrected chi connectivity index (χ2v) is 6.24. The second kappa shape index (κ2) is 6.95. The third-order valence-electron chi connectivity index (χ3n) is 4.56. The molecule has 1 saturated carbocycles. The van der Waals surface area contributed by atoms with Crippen molar-refractivity contribution >= 4 is 10.8 Å². The van der Waals surface area contributed by atoms with Crippen LogP contribution >= 0.6 is 0 Å². The van der Waals surface area contributed by atoms with Gasteiger partial charge in [0.15, 0.2) is 0 Å². The van der Waals surface area contributed by atoms with Crippen LogP contribution in [0, 0.1) is 5.92 Å². The number of ether oxygens (including phenoxy) is 1. The van der Waals surface area contributed by atoms with E-state index in [9.17, 15) is 0 Å². The van der Waals surface area contributed by atoms with Gasteiger partial charge < -0.3 is 10.1 Å². The van der Waals surface area contributed by atoms with Gasteiger partial charge in [-0.05, 0) is 43.1 Å². The van der Waals surface area contributed by atoms with Crippen LogP contribution in [0.4, 0.5) is 0 Å². The van der Waals surface area contributed by atoms with E-state index < -0.39 is 0 Å². The average molecular weight is 283 g/mol. The Morgan fingerprint density at radius 1 is 1.00 bits per heavy atom. The predicted molar refractivity (Wildman–Crippen MR) is 88.9 cm³/mol. The number of benzene rings is 2. The lowest BCUT2D eigenvalue weighted by Crippen LogP contribution is -2.35. The molecule has 2 aromatic carbocycles. The Morgan fingerprint density at radius 2 is 1.76 bits per heavy atom. The third kappa shape index (κ3) is 3.76. The van der Waals surface area contributed by atoms with E-state index in [0.717, 1.165) is 24.8 Å². The van der Waals surface area contributed by atoms with E-state index in [1.165, 1.54) is 36.5 Å². The van der Waals surface area contributed by atoms with Crippen LogP contribution in [0.3, 0.4) is 0 Å². The summed E-state index contributed by atoms with van der Waals surface area (Å²) >= 11 is 0. The molecule has 0 radical (unpaired) electrons. The van der Waals surface area contributed by atoms with E-state index in [1.807, 2.05) is 0 Å². The fourth-order valence-corrected chi connectivity index (χ4v) is 3.21. The topological polar surface area (TPSA) is 21.3 Å². The van der Waals surface area contributed by atoms with Crippen molar-refractivity contribution < 1.29 is 4.74 Å².